The molecule has 1 unspecified atom stereocenters. The zero-order valence-corrected chi connectivity index (χ0v) is 9.81. The molecule has 2 atom stereocenters. The first-order valence-electron chi connectivity index (χ1n) is 5.32. The van der Waals surface area contributed by atoms with Crippen LogP contribution in [0.3, 0.4) is 0 Å². The molecule has 0 aliphatic heterocycles. The molecule has 0 aromatic rings. The van der Waals surface area contributed by atoms with Crippen LogP contribution >= 0.6 is 0 Å². The number of hydrogen-bond donors (Lipinski definition) is 4. The zero-order chi connectivity index (χ0) is 13.4. The van der Waals surface area contributed by atoms with Crippen LogP contribution < -0.4 is 16.8 Å². The molecule has 7 nitrogen and oxygen atoms in total. The van der Waals surface area contributed by atoms with Crippen molar-refractivity contribution in [2.75, 3.05) is 6.54 Å². The molecule has 0 spiro atoms. The fraction of sp³-hybridized carbons (Fsp3) is 0.700. The Morgan fingerprint density at radius 2 is 1.76 bits per heavy atom. The van der Waals surface area contributed by atoms with Gasteiger partial charge < -0.3 is 21.9 Å². The Kier molecular flexibility index (Phi) is 7.08. The van der Waals surface area contributed by atoms with Crippen LogP contribution in [0.15, 0.2) is 0 Å². The third kappa shape index (κ3) is 9.46. The minimum Gasteiger partial charge on any atom is -0.481 e. The molecule has 17 heavy (non-hydrogen) atoms. The molecule has 0 aromatic heterocycles. The van der Waals surface area contributed by atoms with Crippen LogP contribution in [-0.2, 0) is 14.4 Å². The normalized spacial score (nSPS) is 13.8. The first kappa shape index (κ1) is 15.5. The molecule has 7 heteroatoms. The summed E-state index contributed by atoms with van der Waals surface area (Å²) in [6, 6.07) is -0.982. The summed E-state index contributed by atoms with van der Waals surface area (Å²) < 4.78 is 0. The molecular formula is C10H19N3O4. The van der Waals surface area contributed by atoms with Gasteiger partial charge in [-0.2, -0.15) is 0 Å². The SMILES string of the molecule is CC(N)CC(=O)NCC(=O)C[C@@H](N)CC(=O)O. The molecule has 0 radical (unpaired) electrons. The van der Waals surface area contributed by atoms with E-state index >= 15 is 0 Å². The molecule has 0 fully saturated rings. The topological polar surface area (TPSA) is 136 Å². The molecule has 0 saturated heterocycles. The Hall–Kier alpha value is -1.47. The molecular weight excluding hydrogens is 226 g/mol. The summed E-state index contributed by atoms with van der Waals surface area (Å²) in [4.78, 5) is 32.8. The van der Waals surface area contributed by atoms with E-state index in [0.29, 0.717) is 0 Å². The van der Waals surface area contributed by atoms with Gasteiger partial charge in [0.25, 0.3) is 0 Å². The lowest BCUT2D eigenvalue weighted by molar-refractivity contribution is -0.137. The van der Waals surface area contributed by atoms with Gasteiger partial charge in [-0.1, -0.05) is 0 Å². The second kappa shape index (κ2) is 7.75. The number of carboxylic acid groups (broad SMARTS) is 1. The third-order valence-corrected chi connectivity index (χ3v) is 1.92. The van der Waals surface area contributed by atoms with Crippen LogP contribution in [0.5, 0.6) is 0 Å². The van der Waals surface area contributed by atoms with Gasteiger partial charge in [0.2, 0.25) is 5.91 Å². The van der Waals surface area contributed by atoms with E-state index in [1.54, 1.807) is 6.92 Å². The summed E-state index contributed by atoms with van der Waals surface area (Å²) in [5.74, 6) is -1.65. The van der Waals surface area contributed by atoms with Gasteiger partial charge in [0.1, 0.15) is 0 Å². The fourth-order valence-electron chi connectivity index (χ4n) is 1.22. The van der Waals surface area contributed by atoms with Crippen LogP contribution in [0.25, 0.3) is 0 Å². The number of aliphatic carboxylic acids is 1. The van der Waals surface area contributed by atoms with Crippen molar-refractivity contribution in [3.05, 3.63) is 0 Å². The van der Waals surface area contributed by atoms with Gasteiger partial charge in [0.05, 0.1) is 13.0 Å². The van der Waals surface area contributed by atoms with Crippen LogP contribution in [0.1, 0.15) is 26.2 Å². The van der Waals surface area contributed by atoms with Gasteiger partial charge >= 0.3 is 5.97 Å². The number of carbonyl (C=O) groups excluding carboxylic acids is 2. The molecule has 98 valence electrons. The first-order valence-corrected chi connectivity index (χ1v) is 5.32. The van der Waals surface area contributed by atoms with E-state index in [2.05, 4.69) is 5.32 Å². The highest BCUT2D eigenvalue weighted by atomic mass is 16.4. The highest BCUT2D eigenvalue weighted by molar-refractivity contribution is 5.86. The second-order valence-corrected chi connectivity index (χ2v) is 4.06. The number of carboxylic acids is 1. The number of rotatable bonds is 8. The number of carbonyl (C=O) groups is 3. The van der Waals surface area contributed by atoms with E-state index in [0.717, 1.165) is 0 Å². The smallest absolute Gasteiger partial charge is 0.304 e. The number of Topliss-reactive ketones (excluding diaryl/α,β-unsaturated/α-hetero) is 1. The third-order valence-electron chi connectivity index (χ3n) is 1.92. The lowest BCUT2D eigenvalue weighted by Crippen LogP contribution is -2.36. The van der Waals surface area contributed by atoms with Crippen LogP contribution in [0, 0.1) is 0 Å². The van der Waals surface area contributed by atoms with Crippen LogP contribution in [-0.4, -0.2) is 41.4 Å². The lowest BCUT2D eigenvalue weighted by atomic mass is 10.1. The molecule has 0 bridgehead atoms. The maximum Gasteiger partial charge on any atom is 0.304 e. The van der Waals surface area contributed by atoms with Crippen molar-refractivity contribution in [1.82, 2.24) is 5.32 Å². The molecule has 0 saturated carbocycles. The van der Waals surface area contributed by atoms with Crippen molar-refractivity contribution >= 4 is 17.7 Å². The van der Waals surface area contributed by atoms with Gasteiger partial charge in [0, 0.05) is 24.9 Å². The van der Waals surface area contributed by atoms with Gasteiger partial charge in [-0.15, -0.1) is 0 Å². The summed E-state index contributed by atoms with van der Waals surface area (Å²) in [5, 5.41) is 10.8. The minimum atomic E-state index is -1.05. The van der Waals surface area contributed by atoms with Crippen molar-refractivity contribution in [2.45, 2.75) is 38.3 Å². The summed E-state index contributed by atoms with van der Waals surface area (Å²) in [7, 11) is 0. The molecule has 0 rings (SSSR count). The zero-order valence-electron chi connectivity index (χ0n) is 9.81. The second-order valence-electron chi connectivity index (χ2n) is 4.06. The maximum absolute atomic E-state index is 11.3. The van der Waals surface area contributed by atoms with Gasteiger partial charge in [0.15, 0.2) is 5.78 Å². The average Bonchev–Trinajstić information content (AvgIpc) is 2.12. The Morgan fingerprint density at radius 3 is 2.24 bits per heavy atom. The highest BCUT2D eigenvalue weighted by Crippen LogP contribution is 1.95. The summed E-state index contributed by atoms with van der Waals surface area (Å²) in [5.41, 5.74) is 10.8. The standard InChI is InChI=1S/C10H19N3O4/c1-6(11)2-9(15)13-5-8(14)3-7(12)4-10(16)17/h6-7H,2-5,11-12H2,1H3,(H,13,15)(H,16,17)/t6?,7-/m1/s1. The number of nitrogens with one attached hydrogen (secondary N) is 1. The predicted octanol–water partition coefficient (Wildman–Crippen LogP) is -1.40. The van der Waals surface area contributed by atoms with E-state index in [1.807, 2.05) is 0 Å². The highest BCUT2D eigenvalue weighted by Gasteiger charge is 2.14. The van der Waals surface area contributed by atoms with Gasteiger partial charge in [-0.3, -0.25) is 14.4 Å². The number of amides is 1. The quantitative estimate of drug-likeness (QED) is 0.415. The lowest BCUT2D eigenvalue weighted by Gasteiger charge is -2.09. The summed E-state index contributed by atoms with van der Waals surface area (Å²) in [6.07, 6.45) is -0.182. The number of nitrogens with two attached hydrogens (primary N) is 2. The van der Waals surface area contributed by atoms with E-state index in [-0.39, 0.29) is 43.5 Å². The van der Waals surface area contributed by atoms with E-state index in [4.69, 9.17) is 16.6 Å². The van der Waals surface area contributed by atoms with Crippen LogP contribution in [0.2, 0.25) is 0 Å². The minimum absolute atomic E-state index is 0.0647. The van der Waals surface area contributed by atoms with E-state index < -0.39 is 12.0 Å². The van der Waals surface area contributed by atoms with E-state index in [9.17, 15) is 14.4 Å². The van der Waals surface area contributed by atoms with Crippen LogP contribution in [0.4, 0.5) is 0 Å². The molecule has 0 heterocycles. The monoisotopic (exact) mass is 245 g/mol. The van der Waals surface area contributed by atoms with Gasteiger partial charge in [-0.05, 0) is 6.92 Å². The Balaban J connectivity index is 3.79. The van der Waals surface area contributed by atoms with Crippen molar-refractivity contribution in [2.24, 2.45) is 11.5 Å². The number of ketones is 1. The molecule has 0 aromatic carbocycles. The van der Waals surface area contributed by atoms with Crippen molar-refractivity contribution in [3.8, 4) is 0 Å². The van der Waals surface area contributed by atoms with Crippen molar-refractivity contribution in [3.63, 3.8) is 0 Å². The van der Waals surface area contributed by atoms with Crippen molar-refractivity contribution < 1.29 is 19.5 Å². The Morgan fingerprint density at radius 1 is 1.18 bits per heavy atom. The average molecular weight is 245 g/mol. The summed E-state index contributed by atoms with van der Waals surface area (Å²) >= 11 is 0. The fourth-order valence-corrected chi connectivity index (χ4v) is 1.22. The predicted molar refractivity (Wildman–Crippen MR) is 61.1 cm³/mol. The van der Waals surface area contributed by atoms with Gasteiger partial charge in [-0.25, -0.2) is 0 Å². The summed E-state index contributed by atoms with van der Waals surface area (Å²) in [6.45, 7) is 1.54. The van der Waals surface area contributed by atoms with Crippen molar-refractivity contribution in [1.29, 1.82) is 0 Å². The molecule has 0 aliphatic carbocycles. The largest absolute Gasteiger partial charge is 0.481 e. The Labute approximate surface area is 99.5 Å². The first-order chi connectivity index (χ1) is 7.81. The molecule has 1 amide bonds. The Bertz CT molecular complexity index is 291. The molecule has 0 aliphatic rings. The number of hydrogen-bond acceptors (Lipinski definition) is 5. The van der Waals surface area contributed by atoms with E-state index in [1.165, 1.54) is 0 Å². The maximum atomic E-state index is 11.3. The molecule has 6 N–H and O–H groups in total.